The summed E-state index contributed by atoms with van der Waals surface area (Å²) in [5.41, 5.74) is 0. The normalized spacial score (nSPS) is 10.8. The summed E-state index contributed by atoms with van der Waals surface area (Å²) < 4.78 is 5.86. The van der Waals surface area contributed by atoms with Crippen LogP contribution in [0.3, 0.4) is 0 Å². The first-order valence-electron chi connectivity index (χ1n) is 6.63. The summed E-state index contributed by atoms with van der Waals surface area (Å²) in [6.07, 6.45) is 4.89. The molecule has 2 rings (SSSR count). The fourth-order valence-electron chi connectivity index (χ4n) is 2.07. The molecule has 0 N–H and O–H groups in total. The first-order chi connectivity index (χ1) is 8.83. The number of hydrogen-bond donors (Lipinski definition) is 0. The Bertz CT molecular complexity index is 507. The van der Waals surface area contributed by atoms with Crippen LogP contribution < -0.4 is 4.74 Å². The predicted molar refractivity (Wildman–Crippen MR) is 78.6 cm³/mol. The summed E-state index contributed by atoms with van der Waals surface area (Å²) in [7, 11) is 0. The van der Waals surface area contributed by atoms with Gasteiger partial charge in [-0.1, -0.05) is 62.1 Å². The number of unbranched alkanes of at least 4 members (excludes halogenated alkanes) is 3. The fraction of sp³-hybridized carbons (Fsp3) is 0.375. The van der Waals surface area contributed by atoms with Crippen LogP contribution in [0, 0.1) is 0 Å². The van der Waals surface area contributed by atoms with Gasteiger partial charge < -0.3 is 4.74 Å². The van der Waals surface area contributed by atoms with E-state index >= 15 is 0 Å². The molecule has 0 radical (unpaired) electrons. The van der Waals surface area contributed by atoms with Crippen molar-refractivity contribution in [3.05, 3.63) is 41.4 Å². The van der Waals surface area contributed by atoms with Crippen LogP contribution >= 0.6 is 11.6 Å². The van der Waals surface area contributed by atoms with Gasteiger partial charge in [0.25, 0.3) is 0 Å². The molecule has 0 aliphatic rings. The first kappa shape index (κ1) is 13.2. The lowest BCUT2D eigenvalue weighted by molar-refractivity contribution is 0.308. The van der Waals surface area contributed by atoms with Crippen LogP contribution in [-0.2, 0) is 0 Å². The van der Waals surface area contributed by atoms with Crippen molar-refractivity contribution in [1.82, 2.24) is 0 Å². The number of fused-ring (bicyclic) bond motifs is 1. The number of halogens is 1. The zero-order chi connectivity index (χ0) is 12.8. The van der Waals surface area contributed by atoms with Crippen LogP contribution in [-0.4, -0.2) is 6.61 Å². The number of rotatable bonds is 6. The van der Waals surface area contributed by atoms with Crippen LogP contribution in [0.15, 0.2) is 36.4 Å². The zero-order valence-electron chi connectivity index (χ0n) is 10.8. The zero-order valence-corrected chi connectivity index (χ0v) is 11.5. The van der Waals surface area contributed by atoms with Gasteiger partial charge in [-0.15, -0.1) is 0 Å². The van der Waals surface area contributed by atoms with Gasteiger partial charge in [-0.2, -0.15) is 0 Å². The minimum absolute atomic E-state index is 0.781. The third-order valence-electron chi connectivity index (χ3n) is 3.09. The number of hydrogen-bond acceptors (Lipinski definition) is 1. The van der Waals surface area contributed by atoms with Gasteiger partial charge in [-0.3, -0.25) is 0 Å². The van der Waals surface area contributed by atoms with Crippen molar-refractivity contribution in [3.63, 3.8) is 0 Å². The van der Waals surface area contributed by atoms with Gasteiger partial charge in [0.05, 0.1) is 6.61 Å². The molecule has 2 heteroatoms. The second-order valence-corrected chi connectivity index (χ2v) is 4.91. The lowest BCUT2D eigenvalue weighted by atomic mass is 10.1. The quantitative estimate of drug-likeness (QED) is 0.629. The molecule has 1 nitrogen and oxygen atoms in total. The molecule has 2 aromatic rings. The van der Waals surface area contributed by atoms with E-state index in [2.05, 4.69) is 13.0 Å². The van der Waals surface area contributed by atoms with E-state index in [-0.39, 0.29) is 0 Å². The van der Waals surface area contributed by atoms with Gasteiger partial charge in [0.2, 0.25) is 0 Å². The Morgan fingerprint density at radius 1 is 0.944 bits per heavy atom. The van der Waals surface area contributed by atoms with Crippen molar-refractivity contribution in [2.45, 2.75) is 32.6 Å². The predicted octanol–water partition coefficient (Wildman–Crippen LogP) is 5.45. The summed E-state index contributed by atoms with van der Waals surface area (Å²) >= 11 is 6.18. The van der Waals surface area contributed by atoms with E-state index in [0.717, 1.165) is 34.6 Å². The second kappa shape index (κ2) is 6.65. The highest BCUT2D eigenvalue weighted by atomic mass is 35.5. The summed E-state index contributed by atoms with van der Waals surface area (Å²) in [6, 6.07) is 12.0. The van der Waals surface area contributed by atoms with Gasteiger partial charge in [0, 0.05) is 15.8 Å². The molecule has 0 fully saturated rings. The molecule has 0 atom stereocenters. The van der Waals surface area contributed by atoms with Crippen molar-refractivity contribution in [3.8, 4) is 5.75 Å². The molecule has 0 amide bonds. The lowest BCUT2D eigenvalue weighted by Gasteiger charge is -2.10. The summed E-state index contributed by atoms with van der Waals surface area (Å²) in [5, 5.41) is 2.94. The smallest absolute Gasteiger partial charge is 0.127 e. The molecule has 0 unspecified atom stereocenters. The molecule has 18 heavy (non-hydrogen) atoms. The average molecular weight is 263 g/mol. The van der Waals surface area contributed by atoms with Crippen molar-refractivity contribution in [1.29, 1.82) is 0 Å². The highest BCUT2D eigenvalue weighted by molar-refractivity contribution is 6.35. The molecule has 0 bridgehead atoms. The Kier molecular flexibility index (Phi) is 4.89. The highest BCUT2D eigenvalue weighted by Gasteiger charge is 2.04. The summed E-state index contributed by atoms with van der Waals surface area (Å²) in [5.74, 6) is 0.937. The largest absolute Gasteiger partial charge is 0.493 e. The average Bonchev–Trinajstić information content (AvgIpc) is 2.41. The Morgan fingerprint density at radius 3 is 2.50 bits per heavy atom. The number of ether oxygens (including phenoxy) is 1. The third kappa shape index (κ3) is 3.17. The standard InChI is InChI=1S/C16H19ClO/c1-2-3-4-7-12-18-16-11-10-15(17)13-8-5-6-9-14(13)16/h5-6,8-11H,2-4,7,12H2,1H3. The maximum atomic E-state index is 6.18. The topological polar surface area (TPSA) is 9.23 Å². The van der Waals surface area contributed by atoms with E-state index in [1.807, 2.05) is 30.3 Å². The number of benzene rings is 2. The molecule has 0 aliphatic carbocycles. The SMILES string of the molecule is CCCCCCOc1ccc(Cl)c2ccccc12. The van der Waals surface area contributed by atoms with Crippen LogP contribution in [0.1, 0.15) is 32.6 Å². The molecular formula is C16H19ClO. The van der Waals surface area contributed by atoms with Crippen molar-refractivity contribution < 1.29 is 4.74 Å². The van der Waals surface area contributed by atoms with E-state index in [1.54, 1.807) is 0 Å². The minimum Gasteiger partial charge on any atom is -0.493 e. The minimum atomic E-state index is 0.781. The Labute approximate surface area is 114 Å². The molecule has 0 saturated heterocycles. The highest BCUT2D eigenvalue weighted by Crippen LogP contribution is 2.31. The van der Waals surface area contributed by atoms with Gasteiger partial charge >= 0.3 is 0 Å². The van der Waals surface area contributed by atoms with E-state index in [4.69, 9.17) is 16.3 Å². The van der Waals surface area contributed by atoms with E-state index in [1.165, 1.54) is 19.3 Å². The monoisotopic (exact) mass is 262 g/mol. The van der Waals surface area contributed by atoms with Crippen LogP contribution in [0.5, 0.6) is 5.75 Å². The second-order valence-electron chi connectivity index (χ2n) is 4.50. The van der Waals surface area contributed by atoms with Crippen LogP contribution in [0.4, 0.5) is 0 Å². The maximum absolute atomic E-state index is 6.18. The van der Waals surface area contributed by atoms with E-state index in [0.29, 0.717) is 0 Å². The molecule has 0 aromatic heterocycles. The van der Waals surface area contributed by atoms with E-state index < -0.39 is 0 Å². The van der Waals surface area contributed by atoms with Gasteiger partial charge in [0.15, 0.2) is 0 Å². The fourth-order valence-corrected chi connectivity index (χ4v) is 2.30. The Morgan fingerprint density at radius 2 is 1.72 bits per heavy atom. The van der Waals surface area contributed by atoms with Gasteiger partial charge in [-0.25, -0.2) is 0 Å². The van der Waals surface area contributed by atoms with Gasteiger partial charge in [0.1, 0.15) is 5.75 Å². The first-order valence-corrected chi connectivity index (χ1v) is 7.00. The van der Waals surface area contributed by atoms with E-state index in [9.17, 15) is 0 Å². The lowest BCUT2D eigenvalue weighted by Crippen LogP contribution is -1.97. The summed E-state index contributed by atoms with van der Waals surface area (Å²) in [4.78, 5) is 0. The molecule has 0 spiro atoms. The van der Waals surface area contributed by atoms with Crippen molar-refractivity contribution in [2.24, 2.45) is 0 Å². The molecule has 96 valence electrons. The van der Waals surface area contributed by atoms with Crippen LogP contribution in [0.2, 0.25) is 5.02 Å². The molecule has 2 aromatic carbocycles. The van der Waals surface area contributed by atoms with Crippen LogP contribution in [0.25, 0.3) is 10.8 Å². The Balaban J connectivity index is 2.07. The van der Waals surface area contributed by atoms with Gasteiger partial charge in [-0.05, 0) is 18.6 Å². The van der Waals surface area contributed by atoms with Crippen molar-refractivity contribution in [2.75, 3.05) is 6.61 Å². The molecular weight excluding hydrogens is 244 g/mol. The maximum Gasteiger partial charge on any atom is 0.127 e. The summed E-state index contributed by atoms with van der Waals surface area (Å²) in [6.45, 7) is 3.00. The molecule has 0 heterocycles. The molecule has 0 aliphatic heterocycles. The third-order valence-corrected chi connectivity index (χ3v) is 3.42. The molecule has 0 saturated carbocycles. The van der Waals surface area contributed by atoms with Crippen molar-refractivity contribution >= 4 is 22.4 Å². The Hall–Kier alpha value is -1.21.